The zero-order valence-corrected chi connectivity index (χ0v) is 14.8. The fourth-order valence-corrected chi connectivity index (χ4v) is 3.63. The number of hydrogen-bond acceptors (Lipinski definition) is 4. The van der Waals surface area contributed by atoms with Crippen LogP contribution in [-0.2, 0) is 6.54 Å². The van der Waals surface area contributed by atoms with Crippen LogP contribution in [0.4, 0.5) is 5.82 Å². The topological polar surface area (TPSA) is 63.9 Å². The van der Waals surface area contributed by atoms with Gasteiger partial charge in [0.15, 0.2) is 5.82 Å². The number of carbonyl (C=O) groups excluding carboxylic acids is 1. The van der Waals surface area contributed by atoms with Crippen LogP contribution in [0.5, 0.6) is 0 Å². The number of rotatable bonds is 3. The third-order valence-electron chi connectivity index (χ3n) is 4.62. The van der Waals surface area contributed by atoms with Gasteiger partial charge in [-0.05, 0) is 48.7 Å². The van der Waals surface area contributed by atoms with E-state index >= 15 is 0 Å². The van der Waals surface area contributed by atoms with Crippen LogP contribution in [-0.4, -0.2) is 25.7 Å². The Morgan fingerprint density at radius 1 is 1.16 bits per heavy atom. The van der Waals surface area contributed by atoms with Crippen molar-refractivity contribution in [2.45, 2.75) is 25.4 Å². The molecule has 1 aliphatic carbocycles. The van der Waals surface area contributed by atoms with Crippen molar-refractivity contribution in [1.82, 2.24) is 19.7 Å². The molecule has 2 aromatic heterocycles. The number of aromatic nitrogens is 4. The third-order valence-corrected chi connectivity index (χ3v) is 5.12. The van der Waals surface area contributed by atoms with E-state index in [1.807, 2.05) is 36.4 Å². The fourth-order valence-electron chi connectivity index (χ4n) is 3.22. The van der Waals surface area contributed by atoms with E-state index in [2.05, 4.69) is 30.7 Å². The van der Waals surface area contributed by atoms with Gasteiger partial charge in [0.2, 0.25) is 0 Å². The van der Waals surface area contributed by atoms with Crippen molar-refractivity contribution in [3.63, 3.8) is 0 Å². The summed E-state index contributed by atoms with van der Waals surface area (Å²) in [5.74, 6) is 1.38. The van der Waals surface area contributed by atoms with Gasteiger partial charge in [0, 0.05) is 16.1 Å². The Labute approximate surface area is 152 Å². The maximum atomic E-state index is 12.7. The van der Waals surface area contributed by atoms with Crippen LogP contribution >= 0.6 is 15.9 Å². The van der Waals surface area contributed by atoms with E-state index in [1.54, 1.807) is 11.2 Å². The van der Waals surface area contributed by atoms with Crippen molar-refractivity contribution >= 4 is 27.7 Å². The third kappa shape index (κ3) is 2.46. The fraction of sp³-hybridized carbons (Fsp3) is 0.222. The molecule has 7 heteroatoms. The lowest BCUT2D eigenvalue weighted by Crippen LogP contribution is -2.24. The molecule has 1 aliphatic heterocycles. The van der Waals surface area contributed by atoms with E-state index in [4.69, 9.17) is 4.98 Å². The van der Waals surface area contributed by atoms with Gasteiger partial charge in [0.25, 0.3) is 5.91 Å². The standard InChI is InChI=1S/C18H14BrN5O/c19-12-4-7-14-11(8-12)9-23(18(14)25)16-3-1-2-15(21-16)17-22-20-10-24(17)13-5-6-13/h1-4,7-8,10,13H,5-6,9H2. The molecule has 1 saturated carbocycles. The molecule has 0 spiro atoms. The second-order valence-corrected chi connectivity index (χ2v) is 7.28. The molecule has 3 heterocycles. The van der Waals surface area contributed by atoms with Gasteiger partial charge in [-0.3, -0.25) is 9.69 Å². The molecule has 25 heavy (non-hydrogen) atoms. The molecule has 1 aromatic carbocycles. The zero-order chi connectivity index (χ0) is 17.0. The average Bonchev–Trinajstić information content (AvgIpc) is 3.26. The number of amides is 1. The Balaban J connectivity index is 1.52. The van der Waals surface area contributed by atoms with E-state index in [1.165, 1.54) is 0 Å². The average molecular weight is 396 g/mol. The van der Waals surface area contributed by atoms with Gasteiger partial charge in [-0.25, -0.2) is 4.98 Å². The minimum absolute atomic E-state index is 0.0178. The van der Waals surface area contributed by atoms with Crippen LogP contribution in [0.15, 0.2) is 47.2 Å². The highest BCUT2D eigenvalue weighted by atomic mass is 79.9. The SMILES string of the molecule is O=C1c2ccc(Br)cc2CN1c1cccc(-c2nncn2C2CC2)n1. The van der Waals surface area contributed by atoms with Gasteiger partial charge >= 0.3 is 0 Å². The molecule has 0 saturated heterocycles. The van der Waals surface area contributed by atoms with Gasteiger partial charge in [-0.15, -0.1) is 10.2 Å². The lowest BCUT2D eigenvalue weighted by molar-refractivity contribution is 0.0996. The van der Waals surface area contributed by atoms with Crippen molar-refractivity contribution in [2.75, 3.05) is 4.90 Å². The number of halogens is 1. The predicted octanol–water partition coefficient (Wildman–Crippen LogP) is 3.60. The summed E-state index contributed by atoms with van der Waals surface area (Å²) >= 11 is 3.46. The molecule has 1 fully saturated rings. The Kier molecular flexibility index (Phi) is 3.24. The molecule has 6 nitrogen and oxygen atoms in total. The summed E-state index contributed by atoms with van der Waals surface area (Å²) < 4.78 is 3.05. The van der Waals surface area contributed by atoms with Crippen LogP contribution in [0.3, 0.4) is 0 Å². The number of nitrogens with zero attached hydrogens (tertiary/aromatic N) is 5. The summed E-state index contributed by atoms with van der Waals surface area (Å²) in [6, 6.07) is 11.9. The molecule has 124 valence electrons. The van der Waals surface area contributed by atoms with Crippen molar-refractivity contribution in [2.24, 2.45) is 0 Å². The molecular formula is C18H14BrN5O. The second-order valence-electron chi connectivity index (χ2n) is 6.37. The number of pyridine rings is 1. The first-order chi connectivity index (χ1) is 12.2. The Bertz CT molecular complexity index is 995. The summed E-state index contributed by atoms with van der Waals surface area (Å²) in [4.78, 5) is 19.1. The van der Waals surface area contributed by atoms with Crippen LogP contribution in [0, 0.1) is 0 Å². The number of carbonyl (C=O) groups is 1. The molecule has 1 amide bonds. The number of anilines is 1. The molecule has 3 aromatic rings. The number of hydrogen-bond donors (Lipinski definition) is 0. The highest BCUT2D eigenvalue weighted by Crippen LogP contribution is 2.37. The van der Waals surface area contributed by atoms with Crippen LogP contribution < -0.4 is 4.90 Å². The molecule has 5 rings (SSSR count). The Morgan fingerprint density at radius 3 is 2.88 bits per heavy atom. The first kappa shape index (κ1) is 14.8. The largest absolute Gasteiger partial charge is 0.309 e. The highest BCUT2D eigenvalue weighted by Gasteiger charge is 2.30. The summed E-state index contributed by atoms with van der Waals surface area (Å²) in [6.07, 6.45) is 4.06. The molecule has 0 N–H and O–H groups in total. The predicted molar refractivity (Wildman–Crippen MR) is 96.2 cm³/mol. The number of benzene rings is 1. The second kappa shape index (κ2) is 5.49. The Hall–Kier alpha value is -2.54. The van der Waals surface area contributed by atoms with Crippen LogP contribution in [0.1, 0.15) is 34.8 Å². The van der Waals surface area contributed by atoms with Crippen molar-refractivity contribution in [3.8, 4) is 11.5 Å². The number of fused-ring (bicyclic) bond motifs is 1. The molecule has 0 unspecified atom stereocenters. The van der Waals surface area contributed by atoms with Crippen molar-refractivity contribution < 1.29 is 4.79 Å². The monoisotopic (exact) mass is 395 g/mol. The van der Waals surface area contributed by atoms with Crippen LogP contribution in [0.2, 0.25) is 0 Å². The zero-order valence-electron chi connectivity index (χ0n) is 13.3. The maximum Gasteiger partial charge on any atom is 0.260 e. The van der Waals surface area contributed by atoms with E-state index in [0.29, 0.717) is 18.4 Å². The van der Waals surface area contributed by atoms with E-state index < -0.39 is 0 Å². The van der Waals surface area contributed by atoms with Crippen molar-refractivity contribution in [1.29, 1.82) is 0 Å². The quantitative estimate of drug-likeness (QED) is 0.679. The maximum absolute atomic E-state index is 12.7. The van der Waals surface area contributed by atoms with E-state index in [9.17, 15) is 4.79 Å². The van der Waals surface area contributed by atoms with E-state index in [-0.39, 0.29) is 5.91 Å². The molecular weight excluding hydrogens is 382 g/mol. The first-order valence-electron chi connectivity index (χ1n) is 8.18. The lowest BCUT2D eigenvalue weighted by atomic mass is 10.1. The normalized spacial score (nSPS) is 16.4. The van der Waals surface area contributed by atoms with Gasteiger partial charge in [0.1, 0.15) is 17.8 Å². The van der Waals surface area contributed by atoms with Gasteiger partial charge in [-0.1, -0.05) is 22.0 Å². The summed E-state index contributed by atoms with van der Waals surface area (Å²) in [5.41, 5.74) is 2.48. The summed E-state index contributed by atoms with van der Waals surface area (Å²) in [6.45, 7) is 0.527. The lowest BCUT2D eigenvalue weighted by Gasteiger charge is -2.15. The van der Waals surface area contributed by atoms with Crippen LogP contribution in [0.25, 0.3) is 11.5 Å². The summed E-state index contributed by atoms with van der Waals surface area (Å²) in [5, 5.41) is 8.26. The minimum Gasteiger partial charge on any atom is -0.309 e. The van der Waals surface area contributed by atoms with Gasteiger partial charge < -0.3 is 4.57 Å². The molecule has 0 bridgehead atoms. The highest BCUT2D eigenvalue weighted by molar-refractivity contribution is 9.10. The summed E-state index contributed by atoms with van der Waals surface area (Å²) in [7, 11) is 0. The molecule has 0 atom stereocenters. The van der Waals surface area contributed by atoms with E-state index in [0.717, 1.165) is 40.0 Å². The van der Waals surface area contributed by atoms with Crippen molar-refractivity contribution in [3.05, 3.63) is 58.3 Å². The van der Waals surface area contributed by atoms with Gasteiger partial charge in [0.05, 0.1) is 6.54 Å². The smallest absolute Gasteiger partial charge is 0.260 e. The molecule has 0 radical (unpaired) electrons. The first-order valence-corrected chi connectivity index (χ1v) is 8.97. The minimum atomic E-state index is -0.0178. The molecule has 2 aliphatic rings. The van der Waals surface area contributed by atoms with Gasteiger partial charge in [-0.2, -0.15) is 0 Å². The Morgan fingerprint density at radius 2 is 2.04 bits per heavy atom.